The van der Waals surface area contributed by atoms with Crippen molar-refractivity contribution in [1.82, 2.24) is 25.9 Å². The van der Waals surface area contributed by atoms with Crippen LogP contribution in [0.2, 0.25) is 0 Å². The lowest BCUT2D eigenvalue weighted by atomic mass is 10.1. The molecule has 0 aromatic carbocycles. The summed E-state index contributed by atoms with van der Waals surface area (Å²) in [5, 5.41) is 34.6. The summed E-state index contributed by atoms with van der Waals surface area (Å²) in [5.74, 6) is -6.03. The van der Waals surface area contributed by atoms with Gasteiger partial charge in [-0.3, -0.25) is 24.2 Å². The molecule has 1 aromatic heterocycles. The van der Waals surface area contributed by atoms with Crippen LogP contribution in [0.4, 0.5) is 0 Å². The maximum atomic E-state index is 13.0. The molecule has 37 heavy (non-hydrogen) atoms. The maximum absolute atomic E-state index is 13.0. The highest BCUT2D eigenvalue weighted by molar-refractivity contribution is 5.95. The predicted molar refractivity (Wildman–Crippen MR) is 128 cm³/mol. The number of carboxylic acids is 2. The predicted octanol–water partition coefficient (Wildman–Crippen LogP) is -4.27. The number of rotatable bonds is 16. The maximum Gasteiger partial charge on any atom is 0.328 e. The lowest BCUT2D eigenvalue weighted by molar-refractivity contribution is -0.146. The Balaban J connectivity index is 3.01. The zero-order chi connectivity index (χ0) is 28.1. The van der Waals surface area contributed by atoms with Crippen LogP contribution < -0.4 is 33.2 Å². The molecule has 0 saturated carbocycles. The molecular weight excluding hydrogens is 494 g/mol. The van der Waals surface area contributed by atoms with Crippen LogP contribution >= 0.6 is 0 Å². The smallest absolute Gasteiger partial charge is 0.328 e. The van der Waals surface area contributed by atoms with Crippen molar-refractivity contribution >= 4 is 35.6 Å². The summed E-state index contributed by atoms with van der Waals surface area (Å²) in [5.41, 5.74) is 17.0. The fraction of sp³-hybridized carbons (Fsp3) is 0.550. The van der Waals surface area contributed by atoms with Crippen LogP contribution in [0.1, 0.15) is 31.9 Å². The minimum absolute atomic E-state index is 0.0159. The zero-order valence-corrected chi connectivity index (χ0v) is 20.1. The van der Waals surface area contributed by atoms with Crippen LogP contribution in [-0.4, -0.2) is 97.7 Å². The Morgan fingerprint density at radius 3 is 2.19 bits per heavy atom. The molecule has 0 aliphatic heterocycles. The summed E-state index contributed by atoms with van der Waals surface area (Å²) in [4.78, 5) is 71.2. The second-order valence-corrected chi connectivity index (χ2v) is 8.12. The second-order valence-electron chi connectivity index (χ2n) is 8.12. The van der Waals surface area contributed by atoms with Crippen molar-refractivity contribution in [1.29, 1.82) is 0 Å². The number of carboxylic acid groups (broad SMARTS) is 2. The van der Waals surface area contributed by atoms with Crippen LogP contribution in [0.25, 0.3) is 0 Å². The first-order chi connectivity index (χ1) is 17.3. The van der Waals surface area contributed by atoms with Crippen molar-refractivity contribution in [2.45, 2.75) is 62.9 Å². The Labute approximate surface area is 211 Å². The number of aliphatic hydroxyl groups excluding tert-OH is 1. The third-order valence-corrected chi connectivity index (χ3v) is 4.97. The van der Waals surface area contributed by atoms with Crippen LogP contribution in [0.5, 0.6) is 0 Å². The monoisotopic (exact) mass is 527 g/mol. The number of aromatic nitrogens is 2. The number of guanidine groups is 1. The summed E-state index contributed by atoms with van der Waals surface area (Å²) in [6.07, 6.45) is 0.732. The lowest BCUT2D eigenvalue weighted by Crippen LogP contribution is -2.58. The van der Waals surface area contributed by atoms with Gasteiger partial charge in [0.05, 0.1) is 24.9 Å². The van der Waals surface area contributed by atoms with E-state index in [1.165, 1.54) is 12.5 Å². The molecule has 0 fully saturated rings. The molecule has 17 heteroatoms. The summed E-state index contributed by atoms with van der Waals surface area (Å²) < 4.78 is 0. The van der Waals surface area contributed by atoms with E-state index in [0.717, 1.165) is 6.92 Å². The van der Waals surface area contributed by atoms with E-state index >= 15 is 0 Å². The molecule has 0 saturated heterocycles. The van der Waals surface area contributed by atoms with E-state index in [4.69, 9.17) is 22.3 Å². The van der Waals surface area contributed by atoms with Crippen LogP contribution in [0, 0.1) is 0 Å². The van der Waals surface area contributed by atoms with Gasteiger partial charge in [-0.25, -0.2) is 9.78 Å². The number of H-pyrrole nitrogens is 1. The van der Waals surface area contributed by atoms with Crippen molar-refractivity contribution in [3.8, 4) is 0 Å². The van der Waals surface area contributed by atoms with Gasteiger partial charge in [0.15, 0.2) is 12.0 Å². The van der Waals surface area contributed by atoms with E-state index in [0.29, 0.717) is 5.69 Å². The number of aliphatic hydroxyl groups is 1. The molecule has 1 rings (SSSR count). The summed E-state index contributed by atoms with van der Waals surface area (Å²) in [6, 6.07) is -5.82. The summed E-state index contributed by atoms with van der Waals surface area (Å²) >= 11 is 0. The number of nitrogens with zero attached hydrogens (tertiary/aromatic N) is 2. The number of carbonyl (C=O) groups excluding carboxylic acids is 3. The number of hydrogen-bond donors (Lipinski definition) is 10. The van der Waals surface area contributed by atoms with Gasteiger partial charge in [-0.15, -0.1) is 0 Å². The van der Waals surface area contributed by atoms with Gasteiger partial charge in [0.25, 0.3) is 0 Å². The molecule has 13 N–H and O–H groups in total. The average Bonchev–Trinajstić information content (AvgIpc) is 3.30. The minimum Gasteiger partial charge on any atom is -0.481 e. The molecule has 0 bridgehead atoms. The van der Waals surface area contributed by atoms with Crippen molar-refractivity contribution in [2.75, 3.05) is 6.54 Å². The Hall–Kier alpha value is -4.25. The minimum atomic E-state index is -1.75. The van der Waals surface area contributed by atoms with Gasteiger partial charge in [-0.05, 0) is 19.8 Å². The highest BCUT2D eigenvalue weighted by Gasteiger charge is 2.33. The molecular formula is C20H33N9O8. The molecule has 3 amide bonds. The van der Waals surface area contributed by atoms with E-state index in [-0.39, 0.29) is 31.8 Å². The number of aliphatic carboxylic acids is 2. The number of carbonyl (C=O) groups is 5. The van der Waals surface area contributed by atoms with Crippen LogP contribution in [0.15, 0.2) is 17.5 Å². The lowest BCUT2D eigenvalue weighted by Gasteiger charge is -2.25. The van der Waals surface area contributed by atoms with Crippen molar-refractivity contribution in [3.63, 3.8) is 0 Å². The molecule has 1 aromatic rings. The quantitative estimate of drug-likeness (QED) is 0.0555. The number of nitrogens with two attached hydrogens (primary N) is 3. The third kappa shape index (κ3) is 11.4. The fourth-order valence-corrected chi connectivity index (χ4v) is 3.08. The normalized spacial score (nSPS) is 14.8. The largest absolute Gasteiger partial charge is 0.481 e. The number of imidazole rings is 1. The van der Waals surface area contributed by atoms with Crippen LogP contribution in [0.3, 0.4) is 0 Å². The molecule has 1 heterocycles. The Morgan fingerprint density at radius 2 is 1.68 bits per heavy atom. The summed E-state index contributed by atoms with van der Waals surface area (Å²) in [7, 11) is 0. The first-order valence-corrected chi connectivity index (χ1v) is 11.1. The first kappa shape index (κ1) is 30.8. The molecule has 17 nitrogen and oxygen atoms in total. The zero-order valence-electron chi connectivity index (χ0n) is 20.1. The first-order valence-electron chi connectivity index (χ1n) is 11.1. The standard InChI is InChI=1S/C20H33N9O8/c1-9(30)15(19(36)37)29-18(35)13(6-14(31)32)28-17(34)12(3-2-4-25-20(22)23)27-16(33)11(21)5-10-7-24-8-26-10/h7-9,11-13,15,30H,2-6,21H2,1H3,(H,24,26)(H,27,33)(H,28,34)(H,29,35)(H,31,32)(H,36,37)(H4,22,23,25). The van der Waals surface area contributed by atoms with E-state index < -0.39 is 66.4 Å². The SMILES string of the molecule is CC(O)C(NC(=O)C(CC(=O)O)NC(=O)C(CCCN=C(N)N)NC(=O)C(N)Cc1cnc[nH]1)C(=O)O. The van der Waals surface area contributed by atoms with E-state index in [9.17, 15) is 34.2 Å². The molecule has 0 aliphatic carbocycles. The highest BCUT2D eigenvalue weighted by Crippen LogP contribution is 2.05. The molecule has 206 valence electrons. The van der Waals surface area contributed by atoms with Crippen molar-refractivity contribution < 1.29 is 39.3 Å². The Morgan fingerprint density at radius 1 is 1.05 bits per heavy atom. The number of aromatic amines is 1. The van der Waals surface area contributed by atoms with Crippen molar-refractivity contribution in [3.05, 3.63) is 18.2 Å². The highest BCUT2D eigenvalue weighted by atomic mass is 16.4. The molecule has 5 unspecified atom stereocenters. The van der Waals surface area contributed by atoms with Gasteiger partial charge in [0.1, 0.15) is 12.1 Å². The number of aliphatic imine (C=N–C) groups is 1. The number of nitrogens with one attached hydrogen (secondary N) is 4. The van der Waals surface area contributed by atoms with E-state index in [1.807, 2.05) is 5.32 Å². The van der Waals surface area contributed by atoms with Gasteiger partial charge >= 0.3 is 11.9 Å². The molecule has 0 aliphatic rings. The molecule has 0 spiro atoms. The Kier molecular flexibility index (Phi) is 12.5. The Bertz CT molecular complexity index is 963. The van der Waals surface area contributed by atoms with Gasteiger partial charge < -0.3 is 53.5 Å². The van der Waals surface area contributed by atoms with E-state index in [2.05, 4.69) is 25.6 Å². The average molecular weight is 528 g/mol. The van der Waals surface area contributed by atoms with Crippen LogP contribution in [-0.2, 0) is 30.4 Å². The van der Waals surface area contributed by atoms with Gasteiger partial charge in [-0.1, -0.05) is 0 Å². The molecule has 0 radical (unpaired) electrons. The fourth-order valence-electron chi connectivity index (χ4n) is 3.08. The van der Waals surface area contributed by atoms with Gasteiger partial charge in [-0.2, -0.15) is 0 Å². The summed E-state index contributed by atoms with van der Waals surface area (Å²) in [6.45, 7) is 1.22. The molecule has 5 atom stereocenters. The van der Waals surface area contributed by atoms with Gasteiger partial charge in [0.2, 0.25) is 17.7 Å². The number of hydrogen-bond acceptors (Lipinski definition) is 9. The number of amides is 3. The van der Waals surface area contributed by atoms with Crippen molar-refractivity contribution in [2.24, 2.45) is 22.2 Å². The van der Waals surface area contributed by atoms with E-state index in [1.54, 1.807) is 0 Å². The third-order valence-electron chi connectivity index (χ3n) is 4.97. The second kappa shape index (κ2) is 15.0. The van der Waals surface area contributed by atoms with Gasteiger partial charge in [0, 0.05) is 24.9 Å². The topological polar surface area (TPSA) is 301 Å².